The molecular formula is C21H17N7. The minimum Gasteiger partial charge on any atom is -0.360 e. The Morgan fingerprint density at radius 2 is 1.89 bits per heavy atom. The zero-order valence-electron chi connectivity index (χ0n) is 15.0. The van der Waals surface area contributed by atoms with E-state index in [2.05, 4.69) is 56.3 Å². The summed E-state index contributed by atoms with van der Waals surface area (Å²) in [6, 6.07) is 22.4. The number of nitriles is 1. The maximum atomic E-state index is 9.30. The van der Waals surface area contributed by atoms with Crippen LogP contribution in [0.4, 0.5) is 5.69 Å². The van der Waals surface area contributed by atoms with Crippen LogP contribution < -0.4 is 5.32 Å². The smallest absolute Gasteiger partial charge is 0.216 e. The van der Waals surface area contributed by atoms with Crippen molar-refractivity contribution in [3.8, 4) is 6.07 Å². The Labute approximate surface area is 161 Å². The Hall–Kier alpha value is -4.05. The summed E-state index contributed by atoms with van der Waals surface area (Å²) in [6.07, 6.45) is 3.24. The van der Waals surface area contributed by atoms with Gasteiger partial charge in [0.05, 0.1) is 5.52 Å². The van der Waals surface area contributed by atoms with E-state index < -0.39 is 0 Å². The standard InChI is InChI=1S/C21H17N7/c22-13-17(21-25-27-28-26-21)14-23-19-7-3-1-5-15(19)9-11-18-12-10-16-6-2-4-8-20(16)24-18/h1-8,10,12,14,23H,9,11H2,(H,25,26,27,28). The molecule has 0 amide bonds. The molecular weight excluding hydrogens is 350 g/mol. The summed E-state index contributed by atoms with van der Waals surface area (Å²) >= 11 is 0. The van der Waals surface area contributed by atoms with Crippen LogP contribution in [0.5, 0.6) is 0 Å². The number of rotatable bonds is 6. The lowest BCUT2D eigenvalue weighted by molar-refractivity contribution is 0.881. The van der Waals surface area contributed by atoms with E-state index in [1.54, 1.807) is 6.20 Å². The number of benzene rings is 2. The van der Waals surface area contributed by atoms with Crippen LogP contribution in [-0.2, 0) is 12.8 Å². The van der Waals surface area contributed by atoms with E-state index in [1.165, 1.54) is 0 Å². The Morgan fingerprint density at radius 1 is 1.04 bits per heavy atom. The lowest BCUT2D eigenvalue weighted by atomic mass is 10.0. The Balaban J connectivity index is 1.50. The summed E-state index contributed by atoms with van der Waals surface area (Å²) < 4.78 is 0. The molecule has 4 rings (SSSR count). The van der Waals surface area contributed by atoms with Crippen LogP contribution in [0.25, 0.3) is 16.5 Å². The maximum absolute atomic E-state index is 9.30. The van der Waals surface area contributed by atoms with Gasteiger partial charge in [0, 0.05) is 23.0 Å². The van der Waals surface area contributed by atoms with Crippen LogP contribution >= 0.6 is 0 Å². The number of hydrogen-bond acceptors (Lipinski definition) is 6. The summed E-state index contributed by atoms with van der Waals surface area (Å²) in [4.78, 5) is 4.74. The van der Waals surface area contributed by atoms with Gasteiger partial charge in [-0.1, -0.05) is 42.5 Å². The molecule has 0 unspecified atom stereocenters. The van der Waals surface area contributed by atoms with Gasteiger partial charge < -0.3 is 5.32 Å². The van der Waals surface area contributed by atoms with Crippen molar-refractivity contribution in [2.75, 3.05) is 5.32 Å². The third kappa shape index (κ3) is 3.86. The quantitative estimate of drug-likeness (QED) is 0.506. The monoisotopic (exact) mass is 367 g/mol. The Kier molecular flexibility index (Phi) is 5.02. The predicted octanol–water partition coefficient (Wildman–Crippen LogP) is 3.51. The number of tetrazole rings is 1. The molecule has 0 saturated carbocycles. The van der Waals surface area contributed by atoms with E-state index in [1.807, 2.05) is 36.4 Å². The van der Waals surface area contributed by atoms with Crippen LogP contribution in [0.3, 0.4) is 0 Å². The van der Waals surface area contributed by atoms with E-state index in [0.717, 1.165) is 40.7 Å². The zero-order chi connectivity index (χ0) is 19.2. The first kappa shape index (κ1) is 17.4. The third-order valence-electron chi connectivity index (χ3n) is 4.40. The van der Waals surface area contributed by atoms with Gasteiger partial charge in [-0.05, 0) is 41.8 Å². The lowest BCUT2D eigenvalue weighted by Crippen LogP contribution is -2.00. The SMILES string of the molecule is N#CC(=CNc1ccccc1CCc1ccc2ccccc2n1)c1nn[nH]n1. The molecule has 0 fully saturated rings. The number of nitrogens with one attached hydrogen (secondary N) is 2. The second-order valence-corrected chi connectivity index (χ2v) is 6.20. The highest BCUT2D eigenvalue weighted by Gasteiger charge is 2.07. The molecule has 2 heterocycles. The minimum atomic E-state index is 0.257. The van der Waals surface area contributed by atoms with Crippen molar-refractivity contribution in [2.45, 2.75) is 12.8 Å². The first-order chi connectivity index (χ1) is 13.8. The fraction of sp³-hybridized carbons (Fsp3) is 0.0952. The lowest BCUT2D eigenvalue weighted by Gasteiger charge is -2.10. The summed E-state index contributed by atoms with van der Waals surface area (Å²) in [5, 5.41) is 27.1. The van der Waals surface area contributed by atoms with Crippen molar-refractivity contribution >= 4 is 22.2 Å². The molecule has 0 aliphatic rings. The Morgan fingerprint density at radius 3 is 2.75 bits per heavy atom. The minimum absolute atomic E-state index is 0.257. The molecule has 28 heavy (non-hydrogen) atoms. The first-order valence-corrected chi connectivity index (χ1v) is 8.87. The largest absolute Gasteiger partial charge is 0.360 e. The number of pyridine rings is 1. The molecule has 7 nitrogen and oxygen atoms in total. The molecule has 0 aliphatic carbocycles. The Bertz CT molecular complexity index is 1160. The van der Waals surface area contributed by atoms with Crippen molar-refractivity contribution in [3.05, 3.63) is 83.9 Å². The zero-order valence-corrected chi connectivity index (χ0v) is 15.0. The number of H-pyrrole nitrogens is 1. The molecule has 0 radical (unpaired) electrons. The summed E-state index contributed by atoms with van der Waals surface area (Å²) in [5.74, 6) is 0.257. The van der Waals surface area contributed by atoms with Crippen molar-refractivity contribution in [3.63, 3.8) is 0 Å². The molecule has 0 atom stereocenters. The van der Waals surface area contributed by atoms with Crippen LogP contribution in [-0.4, -0.2) is 25.6 Å². The molecule has 2 aromatic carbocycles. The predicted molar refractivity (Wildman–Crippen MR) is 107 cm³/mol. The first-order valence-electron chi connectivity index (χ1n) is 8.87. The van der Waals surface area contributed by atoms with E-state index >= 15 is 0 Å². The van der Waals surface area contributed by atoms with Crippen molar-refractivity contribution in [2.24, 2.45) is 0 Å². The molecule has 0 bridgehead atoms. The van der Waals surface area contributed by atoms with Gasteiger partial charge in [-0.2, -0.15) is 10.5 Å². The van der Waals surface area contributed by atoms with E-state index in [9.17, 15) is 5.26 Å². The van der Waals surface area contributed by atoms with Gasteiger partial charge in [0.2, 0.25) is 5.82 Å². The highest BCUT2D eigenvalue weighted by molar-refractivity contribution is 5.78. The fourth-order valence-corrected chi connectivity index (χ4v) is 2.96. The second kappa shape index (κ2) is 8.10. The van der Waals surface area contributed by atoms with E-state index in [0.29, 0.717) is 5.57 Å². The molecule has 7 heteroatoms. The molecule has 0 saturated heterocycles. The van der Waals surface area contributed by atoms with Gasteiger partial charge in [0.15, 0.2) is 0 Å². The number of aryl methyl sites for hydroxylation is 2. The van der Waals surface area contributed by atoms with Gasteiger partial charge >= 0.3 is 0 Å². The number of para-hydroxylation sites is 2. The normalized spacial score (nSPS) is 11.3. The molecule has 0 aliphatic heterocycles. The van der Waals surface area contributed by atoms with Crippen LogP contribution in [0.15, 0.2) is 66.9 Å². The van der Waals surface area contributed by atoms with Crippen LogP contribution in [0, 0.1) is 11.3 Å². The van der Waals surface area contributed by atoms with E-state index in [4.69, 9.17) is 4.98 Å². The third-order valence-corrected chi connectivity index (χ3v) is 4.40. The molecule has 136 valence electrons. The average Bonchev–Trinajstić information content (AvgIpc) is 3.28. The summed E-state index contributed by atoms with van der Waals surface area (Å²) in [6.45, 7) is 0. The van der Waals surface area contributed by atoms with Gasteiger partial charge in [-0.25, -0.2) is 0 Å². The van der Waals surface area contributed by atoms with Crippen molar-refractivity contribution < 1.29 is 0 Å². The highest BCUT2D eigenvalue weighted by Crippen LogP contribution is 2.19. The second-order valence-electron chi connectivity index (χ2n) is 6.20. The molecule has 0 spiro atoms. The highest BCUT2D eigenvalue weighted by atomic mass is 15.5. The number of nitrogens with zero attached hydrogens (tertiary/aromatic N) is 5. The molecule has 4 aromatic rings. The summed E-state index contributed by atoms with van der Waals surface area (Å²) in [7, 11) is 0. The number of fused-ring (bicyclic) bond motifs is 1. The number of anilines is 1. The molecule has 2 aromatic heterocycles. The number of allylic oxidation sites excluding steroid dienone is 1. The van der Waals surface area contributed by atoms with Crippen molar-refractivity contribution in [1.29, 1.82) is 5.26 Å². The van der Waals surface area contributed by atoms with Crippen LogP contribution in [0.1, 0.15) is 17.1 Å². The maximum Gasteiger partial charge on any atom is 0.216 e. The van der Waals surface area contributed by atoms with Crippen LogP contribution in [0.2, 0.25) is 0 Å². The van der Waals surface area contributed by atoms with Gasteiger partial charge in [-0.15, -0.1) is 10.2 Å². The fourth-order valence-electron chi connectivity index (χ4n) is 2.96. The summed E-state index contributed by atoms with van der Waals surface area (Å²) in [5.41, 5.74) is 4.43. The van der Waals surface area contributed by atoms with Crippen molar-refractivity contribution in [1.82, 2.24) is 25.6 Å². The van der Waals surface area contributed by atoms with Gasteiger partial charge in [0.1, 0.15) is 11.6 Å². The average molecular weight is 367 g/mol. The topological polar surface area (TPSA) is 103 Å². The van der Waals surface area contributed by atoms with Gasteiger partial charge in [-0.3, -0.25) is 4.98 Å². The molecule has 2 N–H and O–H groups in total. The number of aromatic nitrogens is 5. The number of aromatic amines is 1. The van der Waals surface area contributed by atoms with E-state index in [-0.39, 0.29) is 5.82 Å². The number of hydrogen-bond donors (Lipinski definition) is 2. The van der Waals surface area contributed by atoms with Gasteiger partial charge in [0.25, 0.3) is 0 Å².